The van der Waals surface area contributed by atoms with Crippen LogP contribution in [0.5, 0.6) is 11.5 Å². The number of carbonyl (C=O) groups is 1. The Morgan fingerprint density at radius 2 is 1.82 bits per heavy atom. The van der Waals surface area contributed by atoms with Gasteiger partial charge in [-0.2, -0.15) is 0 Å². The van der Waals surface area contributed by atoms with Crippen molar-refractivity contribution in [1.82, 2.24) is 0 Å². The Morgan fingerprint density at radius 3 is 2.47 bits per heavy atom. The molecule has 17 heavy (non-hydrogen) atoms. The maximum absolute atomic E-state index is 11.5. The molecule has 1 aromatic heterocycles. The van der Waals surface area contributed by atoms with Crippen LogP contribution in [0.15, 0.2) is 27.6 Å². The van der Waals surface area contributed by atoms with Gasteiger partial charge in [0.1, 0.15) is 11.8 Å². The lowest BCUT2D eigenvalue weighted by Crippen LogP contribution is -2.05. The molecule has 1 aliphatic rings. The molecule has 0 saturated carbocycles. The normalized spacial score (nSPS) is 12.9. The molecular formula is C11H6O6. The fourth-order valence-corrected chi connectivity index (χ4v) is 1.74. The van der Waals surface area contributed by atoms with Crippen molar-refractivity contribution in [3.8, 4) is 11.5 Å². The highest BCUT2D eigenvalue weighted by Gasteiger charge is 2.19. The Labute approximate surface area is 94.0 Å². The van der Waals surface area contributed by atoms with E-state index in [2.05, 4.69) is 4.42 Å². The predicted molar refractivity (Wildman–Crippen MR) is 55.6 cm³/mol. The van der Waals surface area contributed by atoms with Crippen molar-refractivity contribution in [3.63, 3.8) is 0 Å². The summed E-state index contributed by atoms with van der Waals surface area (Å²) < 4.78 is 14.9. The molecular weight excluding hydrogens is 228 g/mol. The number of benzene rings is 1. The maximum atomic E-state index is 11.5. The van der Waals surface area contributed by atoms with E-state index >= 15 is 0 Å². The highest BCUT2D eigenvalue weighted by atomic mass is 16.7. The van der Waals surface area contributed by atoms with Crippen LogP contribution in [0.2, 0.25) is 0 Å². The SMILES string of the molecule is O=C(O)c1coc(=O)c2cc3c(cc12)OCO3. The van der Waals surface area contributed by atoms with Crippen molar-refractivity contribution < 1.29 is 23.8 Å². The Morgan fingerprint density at radius 1 is 1.18 bits per heavy atom. The second kappa shape index (κ2) is 3.24. The molecule has 3 rings (SSSR count). The summed E-state index contributed by atoms with van der Waals surface area (Å²) in [5.41, 5.74) is -0.693. The molecule has 1 N–H and O–H groups in total. The van der Waals surface area contributed by atoms with Gasteiger partial charge in [0.15, 0.2) is 11.5 Å². The Kier molecular flexibility index (Phi) is 1.85. The summed E-state index contributed by atoms with van der Waals surface area (Å²) in [4.78, 5) is 22.5. The van der Waals surface area contributed by atoms with E-state index in [9.17, 15) is 9.59 Å². The van der Waals surface area contributed by atoms with Crippen LogP contribution in [0.1, 0.15) is 10.4 Å². The first-order valence-electron chi connectivity index (χ1n) is 4.75. The molecule has 0 bridgehead atoms. The molecule has 0 spiro atoms. The van der Waals surface area contributed by atoms with Crippen LogP contribution in [0, 0.1) is 0 Å². The quantitative estimate of drug-likeness (QED) is 0.798. The molecule has 2 aromatic rings. The van der Waals surface area contributed by atoms with Crippen LogP contribution in [-0.4, -0.2) is 17.9 Å². The molecule has 0 aliphatic carbocycles. The highest BCUT2D eigenvalue weighted by molar-refractivity contribution is 6.03. The average Bonchev–Trinajstić information content (AvgIpc) is 2.74. The summed E-state index contributed by atoms with van der Waals surface area (Å²) >= 11 is 0. The van der Waals surface area contributed by atoms with E-state index in [1.807, 2.05) is 0 Å². The minimum atomic E-state index is -1.17. The van der Waals surface area contributed by atoms with Crippen molar-refractivity contribution >= 4 is 16.7 Å². The second-order valence-corrected chi connectivity index (χ2v) is 3.49. The van der Waals surface area contributed by atoms with E-state index in [0.717, 1.165) is 6.26 Å². The fraction of sp³-hybridized carbons (Fsp3) is 0.0909. The van der Waals surface area contributed by atoms with Crippen molar-refractivity contribution in [2.75, 3.05) is 6.79 Å². The molecule has 6 heteroatoms. The van der Waals surface area contributed by atoms with E-state index in [1.165, 1.54) is 12.1 Å². The second-order valence-electron chi connectivity index (χ2n) is 3.49. The zero-order chi connectivity index (χ0) is 12.0. The number of aromatic carboxylic acids is 1. The van der Waals surface area contributed by atoms with E-state index in [1.54, 1.807) is 0 Å². The maximum Gasteiger partial charge on any atom is 0.343 e. The van der Waals surface area contributed by atoms with Crippen LogP contribution < -0.4 is 15.1 Å². The number of hydrogen-bond acceptors (Lipinski definition) is 5. The molecule has 0 radical (unpaired) electrons. The van der Waals surface area contributed by atoms with E-state index in [-0.39, 0.29) is 23.1 Å². The lowest BCUT2D eigenvalue weighted by atomic mass is 10.1. The molecule has 0 amide bonds. The minimum absolute atomic E-state index is 0.0550. The third-order valence-electron chi connectivity index (χ3n) is 2.54. The first-order chi connectivity index (χ1) is 8.16. The monoisotopic (exact) mass is 234 g/mol. The smallest absolute Gasteiger partial charge is 0.343 e. The van der Waals surface area contributed by atoms with Gasteiger partial charge in [0.2, 0.25) is 6.79 Å². The summed E-state index contributed by atoms with van der Waals surface area (Å²) in [6.45, 7) is 0.0550. The van der Waals surface area contributed by atoms with Gasteiger partial charge in [-0.1, -0.05) is 0 Å². The molecule has 86 valence electrons. The van der Waals surface area contributed by atoms with Gasteiger partial charge in [0, 0.05) is 5.39 Å². The summed E-state index contributed by atoms with van der Waals surface area (Å²) in [7, 11) is 0. The third-order valence-corrected chi connectivity index (χ3v) is 2.54. The van der Waals surface area contributed by atoms with Crippen LogP contribution in [-0.2, 0) is 0 Å². The van der Waals surface area contributed by atoms with Crippen LogP contribution in [0.3, 0.4) is 0 Å². The first-order valence-corrected chi connectivity index (χ1v) is 4.75. The molecule has 1 aromatic carbocycles. The van der Waals surface area contributed by atoms with Gasteiger partial charge in [-0.3, -0.25) is 0 Å². The van der Waals surface area contributed by atoms with Crippen molar-refractivity contribution in [2.45, 2.75) is 0 Å². The lowest BCUT2D eigenvalue weighted by molar-refractivity contribution is 0.0696. The number of carboxylic acids is 1. The van der Waals surface area contributed by atoms with Crippen LogP contribution in [0.4, 0.5) is 0 Å². The van der Waals surface area contributed by atoms with Crippen LogP contribution in [0.25, 0.3) is 10.8 Å². The standard InChI is InChI=1S/C11H6O6/c12-10(13)7-3-15-11(14)6-2-9-8(1-5(6)7)16-4-17-9/h1-3H,4H2,(H,12,13). The number of rotatable bonds is 1. The summed E-state index contributed by atoms with van der Waals surface area (Å²) in [6.07, 6.45) is 0.926. The Bertz CT molecular complexity index is 684. The lowest BCUT2D eigenvalue weighted by Gasteiger charge is -2.02. The average molecular weight is 234 g/mol. The first kappa shape index (κ1) is 9.71. The van der Waals surface area contributed by atoms with E-state index in [4.69, 9.17) is 14.6 Å². The summed E-state index contributed by atoms with van der Waals surface area (Å²) in [6, 6.07) is 2.90. The zero-order valence-electron chi connectivity index (χ0n) is 8.43. The molecule has 6 nitrogen and oxygen atoms in total. The van der Waals surface area contributed by atoms with Crippen molar-refractivity contribution in [1.29, 1.82) is 0 Å². The van der Waals surface area contributed by atoms with E-state index < -0.39 is 11.6 Å². The number of ether oxygens (including phenoxy) is 2. The molecule has 0 saturated heterocycles. The molecule has 0 atom stereocenters. The molecule has 1 aliphatic heterocycles. The molecule has 2 heterocycles. The topological polar surface area (TPSA) is 86.0 Å². The predicted octanol–water partition coefficient (Wildman–Crippen LogP) is 1.22. The largest absolute Gasteiger partial charge is 0.478 e. The summed E-state index contributed by atoms with van der Waals surface area (Å²) in [5.74, 6) is -0.337. The van der Waals surface area contributed by atoms with Gasteiger partial charge in [0.25, 0.3) is 0 Å². The highest BCUT2D eigenvalue weighted by Crippen LogP contribution is 2.35. The molecule has 0 unspecified atom stereocenters. The van der Waals surface area contributed by atoms with Gasteiger partial charge in [-0.05, 0) is 12.1 Å². The van der Waals surface area contributed by atoms with Crippen LogP contribution >= 0.6 is 0 Å². The number of hydrogen-bond donors (Lipinski definition) is 1. The van der Waals surface area contributed by atoms with E-state index in [0.29, 0.717) is 11.5 Å². The minimum Gasteiger partial charge on any atom is -0.478 e. The fourth-order valence-electron chi connectivity index (χ4n) is 1.74. The van der Waals surface area contributed by atoms with Crippen molar-refractivity contribution in [3.05, 3.63) is 34.4 Å². The Balaban J connectivity index is 2.44. The van der Waals surface area contributed by atoms with Gasteiger partial charge in [-0.25, -0.2) is 9.59 Å². The van der Waals surface area contributed by atoms with Gasteiger partial charge >= 0.3 is 11.6 Å². The van der Waals surface area contributed by atoms with Gasteiger partial charge in [-0.15, -0.1) is 0 Å². The van der Waals surface area contributed by atoms with Gasteiger partial charge < -0.3 is 19.0 Å². The van der Waals surface area contributed by atoms with Crippen molar-refractivity contribution in [2.24, 2.45) is 0 Å². The summed E-state index contributed by atoms with van der Waals surface area (Å²) in [5, 5.41) is 9.43. The number of carboxylic acid groups (broad SMARTS) is 1. The molecule has 0 fully saturated rings. The zero-order valence-corrected chi connectivity index (χ0v) is 8.43. The van der Waals surface area contributed by atoms with Gasteiger partial charge in [0.05, 0.1) is 5.39 Å². The third kappa shape index (κ3) is 1.34. The Hall–Kier alpha value is -2.50. The number of fused-ring (bicyclic) bond motifs is 2.